The first-order valence-corrected chi connectivity index (χ1v) is 6.42. The summed E-state index contributed by atoms with van der Waals surface area (Å²) in [4.78, 5) is 5.35. The maximum Gasteiger partial charge on any atom is 0.183 e. The number of nitrogens with one attached hydrogen (secondary N) is 1. The predicted octanol–water partition coefficient (Wildman–Crippen LogP) is 4.02. The summed E-state index contributed by atoms with van der Waals surface area (Å²) in [7, 11) is 0. The van der Waals surface area contributed by atoms with Crippen molar-refractivity contribution in [3.63, 3.8) is 0 Å². The molecule has 2 nitrogen and oxygen atoms in total. The van der Waals surface area contributed by atoms with E-state index >= 15 is 0 Å². The second-order valence-corrected chi connectivity index (χ2v) is 5.34. The number of rotatable bonds is 4. The van der Waals surface area contributed by atoms with Crippen LogP contribution in [0.5, 0.6) is 0 Å². The number of halogens is 1. The molecule has 2 aromatic rings. The molecule has 0 saturated heterocycles. The molecule has 0 amide bonds. The molecule has 2 rings (SSSR count). The molecule has 0 bridgehead atoms. The summed E-state index contributed by atoms with van der Waals surface area (Å²) in [6.45, 7) is 5.22. The van der Waals surface area contributed by atoms with Gasteiger partial charge in [0.2, 0.25) is 0 Å². The largest absolute Gasteiger partial charge is 0.361 e. The average Bonchev–Trinajstić information content (AvgIpc) is 2.76. The van der Waals surface area contributed by atoms with Crippen LogP contribution >= 0.6 is 11.3 Å². The molecule has 1 aromatic heterocycles. The van der Waals surface area contributed by atoms with Crippen molar-refractivity contribution in [3.05, 3.63) is 36.3 Å². The quantitative estimate of drug-likeness (QED) is 0.886. The zero-order valence-corrected chi connectivity index (χ0v) is 10.7. The molecule has 0 atom stereocenters. The standard InChI is InChI=1S/C13H15FN2S/c1-9(2)7-15-13-16-8-12(17-13)10-3-5-11(14)6-4-10/h3-6,8-9H,7H2,1-2H3,(H,15,16). The molecule has 90 valence electrons. The third-order valence-corrected chi connectivity index (χ3v) is 3.30. The number of thiazole rings is 1. The van der Waals surface area contributed by atoms with Crippen LogP contribution in [0.3, 0.4) is 0 Å². The van der Waals surface area contributed by atoms with Crippen molar-refractivity contribution in [2.45, 2.75) is 13.8 Å². The van der Waals surface area contributed by atoms with Crippen molar-refractivity contribution in [1.29, 1.82) is 0 Å². The minimum atomic E-state index is -0.212. The minimum absolute atomic E-state index is 0.212. The molecule has 1 heterocycles. The van der Waals surface area contributed by atoms with Gasteiger partial charge in [0.25, 0.3) is 0 Å². The number of nitrogens with zero attached hydrogens (tertiary/aromatic N) is 1. The van der Waals surface area contributed by atoms with Crippen LogP contribution < -0.4 is 5.32 Å². The van der Waals surface area contributed by atoms with Crippen LogP contribution in [0.25, 0.3) is 10.4 Å². The first-order chi connectivity index (χ1) is 8.15. The number of benzene rings is 1. The number of hydrogen-bond acceptors (Lipinski definition) is 3. The highest BCUT2D eigenvalue weighted by atomic mass is 32.1. The monoisotopic (exact) mass is 250 g/mol. The van der Waals surface area contributed by atoms with Gasteiger partial charge >= 0.3 is 0 Å². The molecule has 0 saturated carbocycles. The average molecular weight is 250 g/mol. The van der Waals surface area contributed by atoms with Crippen LogP contribution in [0.15, 0.2) is 30.5 Å². The van der Waals surface area contributed by atoms with Gasteiger partial charge in [0.05, 0.1) is 4.88 Å². The summed E-state index contributed by atoms with van der Waals surface area (Å²) in [6, 6.07) is 6.48. The SMILES string of the molecule is CC(C)CNc1ncc(-c2ccc(F)cc2)s1. The van der Waals surface area contributed by atoms with Gasteiger partial charge in [-0.15, -0.1) is 0 Å². The highest BCUT2D eigenvalue weighted by molar-refractivity contribution is 7.18. The van der Waals surface area contributed by atoms with E-state index in [1.54, 1.807) is 23.5 Å². The summed E-state index contributed by atoms with van der Waals surface area (Å²) < 4.78 is 12.8. The van der Waals surface area contributed by atoms with Gasteiger partial charge in [0.1, 0.15) is 5.82 Å². The highest BCUT2D eigenvalue weighted by Gasteiger charge is 2.04. The zero-order chi connectivity index (χ0) is 12.3. The maximum atomic E-state index is 12.8. The van der Waals surface area contributed by atoms with Crippen LogP contribution in [-0.2, 0) is 0 Å². The second kappa shape index (κ2) is 5.27. The van der Waals surface area contributed by atoms with E-state index in [1.807, 2.05) is 6.20 Å². The Labute approximate surface area is 105 Å². The molecule has 0 unspecified atom stereocenters. The Bertz CT molecular complexity index is 476. The van der Waals surface area contributed by atoms with Gasteiger partial charge in [-0.1, -0.05) is 37.3 Å². The molecule has 0 aliphatic heterocycles. The maximum absolute atomic E-state index is 12.8. The number of aromatic nitrogens is 1. The summed E-state index contributed by atoms with van der Waals surface area (Å²) in [5, 5.41) is 4.19. The van der Waals surface area contributed by atoms with E-state index in [4.69, 9.17) is 0 Å². The lowest BCUT2D eigenvalue weighted by Gasteiger charge is -2.04. The fourth-order valence-electron chi connectivity index (χ4n) is 1.39. The Hall–Kier alpha value is -1.42. The summed E-state index contributed by atoms with van der Waals surface area (Å²) in [5.74, 6) is 0.379. The van der Waals surface area contributed by atoms with Crippen molar-refractivity contribution in [2.75, 3.05) is 11.9 Å². The van der Waals surface area contributed by atoms with E-state index in [0.29, 0.717) is 5.92 Å². The minimum Gasteiger partial charge on any atom is -0.361 e. The van der Waals surface area contributed by atoms with Crippen molar-refractivity contribution in [1.82, 2.24) is 4.98 Å². The lowest BCUT2D eigenvalue weighted by molar-refractivity contribution is 0.628. The Morgan fingerprint density at radius 1 is 1.29 bits per heavy atom. The topological polar surface area (TPSA) is 24.9 Å². The van der Waals surface area contributed by atoms with Crippen molar-refractivity contribution in [2.24, 2.45) is 5.92 Å². The Morgan fingerprint density at radius 2 is 2.00 bits per heavy atom. The lowest BCUT2D eigenvalue weighted by Crippen LogP contribution is -2.07. The zero-order valence-electron chi connectivity index (χ0n) is 9.90. The third kappa shape index (κ3) is 3.27. The number of hydrogen-bond donors (Lipinski definition) is 1. The number of anilines is 1. The molecule has 1 N–H and O–H groups in total. The molecule has 1 aromatic carbocycles. The summed E-state index contributed by atoms with van der Waals surface area (Å²) >= 11 is 1.59. The second-order valence-electron chi connectivity index (χ2n) is 4.31. The predicted molar refractivity (Wildman–Crippen MR) is 70.8 cm³/mol. The Balaban J connectivity index is 2.10. The molecule has 17 heavy (non-hydrogen) atoms. The fraction of sp³-hybridized carbons (Fsp3) is 0.308. The molecule has 0 fully saturated rings. The van der Waals surface area contributed by atoms with E-state index in [2.05, 4.69) is 24.1 Å². The van der Waals surface area contributed by atoms with E-state index in [9.17, 15) is 4.39 Å². The third-order valence-electron chi connectivity index (χ3n) is 2.30. The van der Waals surface area contributed by atoms with Gasteiger partial charge < -0.3 is 5.32 Å². The molecule has 0 aliphatic rings. The molecule has 4 heteroatoms. The van der Waals surface area contributed by atoms with E-state index in [0.717, 1.165) is 22.1 Å². The molecule has 0 spiro atoms. The first-order valence-electron chi connectivity index (χ1n) is 5.61. The molecular formula is C13H15FN2S. The molecule has 0 radical (unpaired) electrons. The van der Waals surface area contributed by atoms with Gasteiger partial charge in [-0.25, -0.2) is 9.37 Å². The molecule has 0 aliphatic carbocycles. The lowest BCUT2D eigenvalue weighted by atomic mass is 10.2. The van der Waals surface area contributed by atoms with Crippen LogP contribution in [-0.4, -0.2) is 11.5 Å². The summed E-state index contributed by atoms with van der Waals surface area (Å²) in [5.41, 5.74) is 1.00. The molecular weight excluding hydrogens is 235 g/mol. The first kappa shape index (κ1) is 12.0. The van der Waals surface area contributed by atoms with Gasteiger partial charge in [-0.05, 0) is 23.6 Å². The van der Waals surface area contributed by atoms with Crippen molar-refractivity contribution < 1.29 is 4.39 Å². The van der Waals surface area contributed by atoms with E-state index < -0.39 is 0 Å². The van der Waals surface area contributed by atoms with Gasteiger partial charge in [-0.2, -0.15) is 0 Å². The Morgan fingerprint density at radius 3 is 2.65 bits per heavy atom. The highest BCUT2D eigenvalue weighted by Crippen LogP contribution is 2.28. The van der Waals surface area contributed by atoms with Crippen molar-refractivity contribution >= 4 is 16.5 Å². The van der Waals surface area contributed by atoms with Gasteiger partial charge in [-0.3, -0.25) is 0 Å². The van der Waals surface area contributed by atoms with Crippen LogP contribution in [0.2, 0.25) is 0 Å². The fourth-order valence-corrected chi connectivity index (χ4v) is 2.22. The van der Waals surface area contributed by atoms with Crippen LogP contribution in [0.4, 0.5) is 9.52 Å². The van der Waals surface area contributed by atoms with Crippen LogP contribution in [0, 0.1) is 11.7 Å². The summed E-state index contributed by atoms with van der Waals surface area (Å²) in [6.07, 6.45) is 1.82. The Kier molecular flexibility index (Phi) is 3.74. The smallest absolute Gasteiger partial charge is 0.183 e. The normalized spacial score (nSPS) is 10.8. The van der Waals surface area contributed by atoms with Crippen molar-refractivity contribution in [3.8, 4) is 10.4 Å². The van der Waals surface area contributed by atoms with Gasteiger partial charge in [0, 0.05) is 12.7 Å². The van der Waals surface area contributed by atoms with E-state index in [1.165, 1.54) is 12.1 Å². The van der Waals surface area contributed by atoms with E-state index in [-0.39, 0.29) is 5.82 Å². The van der Waals surface area contributed by atoms with Crippen LogP contribution in [0.1, 0.15) is 13.8 Å². The van der Waals surface area contributed by atoms with Gasteiger partial charge in [0.15, 0.2) is 5.13 Å².